The third-order valence-electron chi connectivity index (χ3n) is 2.95. The van der Waals surface area contributed by atoms with Crippen LogP contribution in [0.25, 0.3) is 10.9 Å². The lowest BCUT2D eigenvalue weighted by Gasteiger charge is -2.27. The number of morpholine rings is 1. The van der Waals surface area contributed by atoms with Gasteiger partial charge in [0, 0.05) is 22.9 Å². The fraction of sp³-hybridized carbons (Fsp3) is 0.333. The van der Waals surface area contributed by atoms with E-state index in [0.717, 1.165) is 13.1 Å². The molecule has 1 fully saturated rings. The second-order valence-corrected chi connectivity index (χ2v) is 5.80. The topological polar surface area (TPSA) is 38.2 Å². The lowest BCUT2D eigenvalue weighted by molar-refractivity contribution is 0.122. The molecule has 1 aromatic heterocycles. The minimum absolute atomic E-state index is 0.317. The van der Waals surface area contributed by atoms with Gasteiger partial charge in [0.2, 0.25) is 5.95 Å². The summed E-state index contributed by atoms with van der Waals surface area (Å²) >= 11 is 6.73. The van der Waals surface area contributed by atoms with Crippen LogP contribution in [0.3, 0.4) is 0 Å². The number of aromatic nitrogens is 2. The Morgan fingerprint density at radius 1 is 1.16 bits per heavy atom. The molecule has 0 saturated carbocycles. The van der Waals surface area contributed by atoms with Gasteiger partial charge in [-0.1, -0.05) is 0 Å². The average Bonchev–Trinajstić information content (AvgIpc) is 2.41. The first-order valence-electron chi connectivity index (χ1n) is 5.80. The van der Waals surface area contributed by atoms with Crippen LogP contribution in [0.4, 0.5) is 10.3 Å². The summed E-state index contributed by atoms with van der Waals surface area (Å²) in [5.41, 5.74) is 0.699. The Kier molecular flexibility index (Phi) is 3.68. The third kappa shape index (κ3) is 2.59. The zero-order valence-corrected chi connectivity index (χ0v) is 13.0. The van der Waals surface area contributed by atoms with Crippen LogP contribution >= 0.6 is 31.9 Å². The molecule has 0 spiro atoms. The van der Waals surface area contributed by atoms with Gasteiger partial charge in [-0.3, -0.25) is 0 Å². The van der Waals surface area contributed by atoms with E-state index in [2.05, 4.69) is 46.7 Å². The molecule has 1 saturated heterocycles. The molecule has 0 N–H and O–H groups in total. The molecular formula is C12H10Br2FN3O. The van der Waals surface area contributed by atoms with Crippen LogP contribution in [0.1, 0.15) is 0 Å². The first kappa shape index (κ1) is 13.2. The molecule has 1 aliphatic rings. The summed E-state index contributed by atoms with van der Waals surface area (Å²) in [6, 6.07) is 2.83. The van der Waals surface area contributed by atoms with E-state index in [-0.39, 0.29) is 5.82 Å². The Bertz CT molecular complexity index is 632. The second-order valence-electron chi connectivity index (χ2n) is 4.20. The molecule has 2 aromatic rings. The Balaban J connectivity index is 2.13. The Morgan fingerprint density at radius 2 is 1.89 bits per heavy atom. The van der Waals surface area contributed by atoms with Crippen molar-refractivity contribution >= 4 is 48.7 Å². The minimum Gasteiger partial charge on any atom is -0.378 e. The highest BCUT2D eigenvalue weighted by Crippen LogP contribution is 2.30. The van der Waals surface area contributed by atoms with E-state index in [1.54, 1.807) is 0 Å². The quantitative estimate of drug-likeness (QED) is 0.701. The number of rotatable bonds is 1. The number of fused-ring (bicyclic) bond motifs is 1. The van der Waals surface area contributed by atoms with E-state index >= 15 is 0 Å². The standard InChI is InChI=1S/C12H10Br2FN3O/c13-9-6-7(15)5-8-10(9)16-12(17-11(8)14)18-1-3-19-4-2-18/h5-6H,1-4H2. The minimum atomic E-state index is -0.317. The summed E-state index contributed by atoms with van der Waals surface area (Å²) < 4.78 is 19.9. The number of benzene rings is 1. The molecule has 4 nitrogen and oxygen atoms in total. The van der Waals surface area contributed by atoms with E-state index in [9.17, 15) is 4.39 Å². The van der Waals surface area contributed by atoms with Gasteiger partial charge < -0.3 is 9.64 Å². The maximum Gasteiger partial charge on any atom is 0.227 e. The third-order valence-corrected chi connectivity index (χ3v) is 4.16. The van der Waals surface area contributed by atoms with Crippen LogP contribution < -0.4 is 4.90 Å². The predicted molar refractivity (Wildman–Crippen MR) is 77.9 cm³/mol. The van der Waals surface area contributed by atoms with Gasteiger partial charge in [-0.2, -0.15) is 0 Å². The molecule has 100 valence electrons. The number of hydrogen-bond donors (Lipinski definition) is 0. The van der Waals surface area contributed by atoms with Crippen LogP contribution in [0.15, 0.2) is 21.2 Å². The zero-order chi connectivity index (χ0) is 13.4. The predicted octanol–water partition coefficient (Wildman–Crippen LogP) is 3.13. The Labute approximate surface area is 126 Å². The smallest absolute Gasteiger partial charge is 0.227 e. The maximum atomic E-state index is 13.4. The van der Waals surface area contributed by atoms with Crippen molar-refractivity contribution in [3.8, 4) is 0 Å². The summed E-state index contributed by atoms with van der Waals surface area (Å²) in [4.78, 5) is 11.0. The molecule has 19 heavy (non-hydrogen) atoms. The molecular weight excluding hydrogens is 381 g/mol. The van der Waals surface area contributed by atoms with E-state index < -0.39 is 0 Å². The zero-order valence-electron chi connectivity index (χ0n) is 9.87. The first-order chi connectivity index (χ1) is 9.15. The molecule has 1 aromatic carbocycles. The van der Waals surface area contributed by atoms with Gasteiger partial charge in [0.15, 0.2) is 0 Å². The van der Waals surface area contributed by atoms with Gasteiger partial charge in [-0.15, -0.1) is 0 Å². The van der Waals surface area contributed by atoms with Crippen molar-refractivity contribution in [3.05, 3.63) is 27.0 Å². The number of anilines is 1. The molecule has 0 amide bonds. The summed E-state index contributed by atoms with van der Waals surface area (Å²) in [6.07, 6.45) is 0. The molecule has 0 radical (unpaired) electrons. The van der Waals surface area contributed by atoms with Crippen molar-refractivity contribution in [2.24, 2.45) is 0 Å². The average molecular weight is 391 g/mol. The number of hydrogen-bond acceptors (Lipinski definition) is 4. The van der Waals surface area contributed by atoms with E-state index in [1.807, 2.05) is 0 Å². The number of halogens is 3. The van der Waals surface area contributed by atoms with Crippen LogP contribution in [0, 0.1) is 5.82 Å². The van der Waals surface area contributed by atoms with Gasteiger partial charge in [0.25, 0.3) is 0 Å². The van der Waals surface area contributed by atoms with Crippen molar-refractivity contribution < 1.29 is 9.13 Å². The van der Waals surface area contributed by atoms with Crippen molar-refractivity contribution in [1.82, 2.24) is 9.97 Å². The summed E-state index contributed by atoms with van der Waals surface area (Å²) in [5.74, 6) is 0.317. The van der Waals surface area contributed by atoms with Crippen molar-refractivity contribution in [2.75, 3.05) is 31.2 Å². The Hall–Kier alpha value is -0.790. The summed E-state index contributed by atoms with van der Waals surface area (Å²) in [5, 5.41) is 0.656. The molecule has 7 heteroatoms. The van der Waals surface area contributed by atoms with Crippen molar-refractivity contribution in [2.45, 2.75) is 0 Å². The van der Waals surface area contributed by atoms with Gasteiger partial charge in [0.05, 0.1) is 18.7 Å². The highest BCUT2D eigenvalue weighted by Gasteiger charge is 2.17. The van der Waals surface area contributed by atoms with E-state index in [4.69, 9.17) is 4.74 Å². The molecule has 3 rings (SSSR count). The van der Waals surface area contributed by atoms with Gasteiger partial charge in [-0.05, 0) is 44.0 Å². The van der Waals surface area contributed by atoms with Gasteiger partial charge in [0.1, 0.15) is 10.4 Å². The molecule has 0 unspecified atom stereocenters. The molecule has 0 bridgehead atoms. The molecule has 2 heterocycles. The van der Waals surface area contributed by atoms with E-state index in [0.29, 0.717) is 39.1 Å². The fourth-order valence-corrected chi connectivity index (χ4v) is 3.00. The summed E-state index contributed by atoms with van der Waals surface area (Å²) in [7, 11) is 0. The number of nitrogens with zero attached hydrogens (tertiary/aromatic N) is 3. The normalized spacial score (nSPS) is 16.1. The van der Waals surface area contributed by atoms with Crippen LogP contribution in [-0.2, 0) is 4.74 Å². The fourth-order valence-electron chi connectivity index (χ4n) is 2.01. The largest absolute Gasteiger partial charge is 0.378 e. The van der Waals surface area contributed by atoms with Crippen molar-refractivity contribution in [1.29, 1.82) is 0 Å². The van der Waals surface area contributed by atoms with Crippen molar-refractivity contribution in [3.63, 3.8) is 0 Å². The SMILES string of the molecule is Fc1cc(Br)c2nc(N3CCOCC3)nc(Br)c2c1. The Morgan fingerprint density at radius 3 is 2.63 bits per heavy atom. The van der Waals surface area contributed by atoms with Crippen LogP contribution in [0.2, 0.25) is 0 Å². The second kappa shape index (κ2) is 5.30. The van der Waals surface area contributed by atoms with Gasteiger partial charge >= 0.3 is 0 Å². The lowest BCUT2D eigenvalue weighted by Crippen LogP contribution is -2.37. The monoisotopic (exact) mass is 389 g/mol. The lowest BCUT2D eigenvalue weighted by atomic mass is 10.2. The maximum absolute atomic E-state index is 13.4. The van der Waals surface area contributed by atoms with Gasteiger partial charge in [-0.25, -0.2) is 14.4 Å². The summed E-state index contributed by atoms with van der Waals surface area (Å²) in [6.45, 7) is 2.86. The van der Waals surface area contributed by atoms with E-state index in [1.165, 1.54) is 12.1 Å². The first-order valence-corrected chi connectivity index (χ1v) is 7.39. The highest BCUT2D eigenvalue weighted by atomic mass is 79.9. The van der Waals surface area contributed by atoms with Crippen LogP contribution in [0.5, 0.6) is 0 Å². The molecule has 0 aliphatic carbocycles. The molecule has 1 aliphatic heterocycles. The van der Waals surface area contributed by atoms with Crippen LogP contribution in [-0.4, -0.2) is 36.3 Å². The molecule has 0 atom stereocenters. The highest BCUT2D eigenvalue weighted by molar-refractivity contribution is 9.11. The number of ether oxygens (including phenoxy) is 1.